The lowest BCUT2D eigenvalue weighted by molar-refractivity contribution is -0.145. The normalized spacial score (nSPS) is 38.8. The van der Waals surface area contributed by atoms with E-state index >= 15 is 0 Å². The summed E-state index contributed by atoms with van der Waals surface area (Å²) in [7, 11) is 0. The number of rotatable bonds is 18. The number of aliphatic carboxylic acids is 1. The van der Waals surface area contributed by atoms with E-state index in [-0.39, 0.29) is 0 Å². The lowest BCUT2D eigenvalue weighted by atomic mass is 10.0. The number of esters is 1. The number of ether oxygens (including phenoxy) is 1. The summed E-state index contributed by atoms with van der Waals surface area (Å²) in [6.45, 7) is -5.04. The first-order valence-corrected chi connectivity index (χ1v) is 6.23. The number of carbonyl (C=O) groups excluding carboxylic acids is 1. The second-order valence-corrected chi connectivity index (χ2v) is 3.38. The van der Waals surface area contributed by atoms with E-state index in [1.165, 1.54) is 0 Å². The average Bonchev–Trinajstić information content (AvgIpc) is 2.96. The maximum Gasteiger partial charge on any atom is 0.305 e. The van der Waals surface area contributed by atoms with Gasteiger partial charge in [0.2, 0.25) is 0 Å². The summed E-state index contributed by atoms with van der Waals surface area (Å²) in [5, 5.41) is 8.65. The Morgan fingerprint density at radius 1 is 0.875 bits per heavy atom. The number of hydrogen-bond acceptors (Lipinski definition) is 3. The number of hydrogen-bond donors (Lipinski definition) is 1. The standard InChI is InChI=1S/C20H38O4/c1-2-3-4-5-6-7-8-9-10-11-12-13-14-17-20(23)24-18-15-16-19(21)22/h2-18H2,1H3,(H,21,22)/i1D3,2D2,3D2,4D2,5D2,6D2,7D2,8D2,9D2,10D2,11D2,12D2,13D2,14D2,17D2. The van der Waals surface area contributed by atoms with E-state index in [2.05, 4.69) is 4.74 Å². The van der Waals surface area contributed by atoms with Gasteiger partial charge in [-0.2, -0.15) is 0 Å². The third-order valence-corrected chi connectivity index (χ3v) is 1.68. The Labute approximate surface area is 191 Å². The van der Waals surface area contributed by atoms with Crippen LogP contribution < -0.4 is 0 Å². The summed E-state index contributed by atoms with van der Waals surface area (Å²) in [5.41, 5.74) is 0. The van der Waals surface area contributed by atoms with Crippen LogP contribution in [0.25, 0.3) is 0 Å². The van der Waals surface area contributed by atoms with Gasteiger partial charge in [0.15, 0.2) is 0 Å². The molecule has 0 fully saturated rings. The molecule has 0 rings (SSSR count). The predicted octanol–water partition coefficient (Wildman–Crippen LogP) is 5.88. The van der Waals surface area contributed by atoms with Crippen molar-refractivity contribution in [1.29, 1.82) is 0 Å². The summed E-state index contributed by atoms with van der Waals surface area (Å²) in [4.78, 5) is 23.1. The topological polar surface area (TPSA) is 63.6 Å². The van der Waals surface area contributed by atoms with Gasteiger partial charge in [-0.05, 0) is 12.8 Å². The largest absolute Gasteiger partial charge is 0.481 e. The van der Waals surface area contributed by atoms with Crippen LogP contribution in [0.5, 0.6) is 0 Å². The smallest absolute Gasteiger partial charge is 0.305 e. The molecule has 0 saturated heterocycles. The quantitative estimate of drug-likeness (QED) is 0.241. The predicted molar refractivity (Wildman–Crippen MR) is 98.1 cm³/mol. The maximum absolute atomic E-state index is 12.4. The molecule has 0 aromatic rings. The molecule has 0 heterocycles. The van der Waals surface area contributed by atoms with Gasteiger partial charge in [-0.25, -0.2) is 0 Å². The molecule has 24 heavy (non-hydrogen) atoms. The SMILES string of the molecule is [2H]C([2H])([2H])C([2H])([2H])C([2H])([2H])C([2H])([2H])C([2H])([2H])C([2H])([2H])C([2H])([2H])C([2H])([2H])C([2H])([2H])C([2H])([2H])C([2H])([2H])C([2H])([2H])C([2H])([2H])C([2H])([2H])C([2H])([2H])C(=O)OCCCC(=O)O. The van der Waals surface area contributed by atoms with Crippen molar-refractivity contribution in [2.24, 2.45) is 0 Å². The highest BCUT2D eigenvalue weighted by Crippen LogP contribution is 2.13. The molecule has 0 unspecified atom stereocenters. The molecule has 0 bridgehead atoms. The van der Waals surface area contributed by atoms with E-state index in [0.29, 0.717) is 0 Å². The first-order chi connectivity index (χ1) is 23.3. The van der Waals surface area contributed by atoms with Crippen molar-refractivity contribution < 1.29 is 61.9 Å². The zero-order valence-corrected chi connectivity index (χ0v) is 12.3. The Kier molecular flexibility index (Phi) is 3.00. The van der Waals surface area contributed by atoms with Gasteiger partial charge < -0.3 is 9.84 Å². The fraction of sp³-hybridized carbons (Fsp3) is 0.900. The second kappa shape index (κ2) is 18.3. The van der Waals surface area contributed by atoms with Crippen LogP contribution in [0.1, 0.15) is 151 Å². The van der Waals surface area contributed by atoms with Gasteiger partial charge in [-0.1, -0.05) is 83.3 Å². The molecule has 0 aromatic carbocycles. The van der Waals surface area contributed by atoms with E-state index in [4.69, 9.17) is 47.6 Å². The van der Waals surface area contributed by atoms with Crippen LogP contribution >= 0.6 is 0 Å². The van der Waals surface area contributed by atoms with Crippen LogP contribution in [0, 0.1) is 0 Å². The molecule has 142 valence electrons. The molecule has 0 saturated carbocycles. The lowest BCUT2D eigenvalue weighted by Gasteiger charge is -2.04. The second-order valence-electron chi connectivity index (χ2n) is 3.38. The molecule has 0 spiro atoms. The van der Waals surface area contributed by atoms with Gasteiger partial charge in [-0.15, -0.1) is 0 Å². The number of carbonyl (C=O) groups is 2. The Hall–Kier alpha value is -1.06. The zero-order chi connectivity index (χ0) is 45.5. The minimum absolute atomic E-state index is 0.490. The van der Waals surface area contributed by atoms with E-state index in [1.54, 1.807) is 0 Å². The molecule has 1 N–H and O–H groups in total. The Morgan fingerprint density at radius 2 is 1.38 bits per heavy atom. The van der Waals surface area contributed by atoms with E-state index in [1.807, 2.05) is 0 Å². The molecule has 0 aliphatic carbocycles. The molecule has 4 heteroatoms. The van der Waals surface area contributed by atoms with Gasteiger partial charge in [0, 0.05) is 55.3 Å². The lowest BCUT2D eigenvalue weighted by Crippen LogP contribution is -2.07. The van der Waals surface area contributed by atoms with Gasteiger partial charge in [0.05, 0.1) is 6.61 Å². The minimum Gasteiger partial charge on any atom is -0.481 e. The highest BCUT2D eigenvalue weighted by Gasteiger charge is 2.03. The van der Waals surface area contributed by atoms with Crippen LogP contribution in [0.15, 0.2) is 0 Å². The van der Waals surface area contributed by atoms with E-state index < -0.39 is 127 Å². The number of carboxylic acids is 1. The third-order valence-electron chi connectivity index (χ3n) is 1.68. The third kappa shape index (κ3) is 19.0. The molecule has 0 radical (unpaired) electrons. The first-order valence-electron chi connectivity index (χ1n) is 21.7. The van der Waals surface area contributed by atoms with Crippen LogP contribution in [-0.4, -0.2) is 23.7 Å². The highest BCUT2D eigenvalue weighted by molar-refractivity contribution is 5.69. The van der Waals surface area contributed by atoms with Crippen molar-refractivity contribution >= 4 is 11.9 Å². The average molecular weight is 374 g/mol. The monoisotopic (exact) mass is 373 g/mol. The number of carboxylic acid groups (broad SMARTS) is 1. The zero-order valence-electron chi connectivity index (χ0n) is 43.3. The van der Waals surface area contributed by atoms with Gasteiger partial charge >= 0.3 is 11.9 Å². The summed E-state index contributed by atoms with van der Waals surface area (Å²) in [6, 6.07) is 0. The van der Waals surface area contributed by atoms with Crippen molar-refractivity contribution in [3.8, 4) is 0 Å². The highest BCUT2D eigenvalue weighted by atomic mass is 16.5. The Morgan fingerprint density at radius 3 is 1.88 bits per heavy atom. The first kappa shape index (κ1) is 3.94. The molecule has 0 amide bonds. The van der Waals surface area contributed by atoms with Gasteiger partial charge in [-0.3, -0.25) is 9.59 Å². The van der Waals surface area contributed by atoms with Crippen molar-refractivity contribution in [2.75, 3.05) is 6.61 Å². The molecule has 0 aliphatic rings. The van der Waals surface area contributed by atoms with Crippen molar-refractivity contribution in [3.63, 3.8) is 0 Å². The fourth-order valence-corrected chi connectivity index (χ4v) is 0.850. The van der Waals surface area contributed by atoms with Gasteiger partial charge in [0.1, 0.15) is 0 Å². The van der Waals surface area contributed by atoms with Crippen LogP contribution in [0.2, 0.25) is 0 Å². The fourth-order valence-electron chi connectivity index (χ4n) is 0.850. The van der Waals surface area contributed by atoms with Crippen molar-refractivity contribution in [2.45, 2.75) is 109 Å². The summed E-state index contributed by atoms with van der Waals surface area (Å²) < 4.78 is 252. The molecular formula is C20H38O4. The minimum atomic E-state index is -5.16. The Balaban J connectivity index is 7.48. The molecular weight excluding hydrogens is 304 g/mol. The molecule has 0 atom stereocenters. The summed E-state index contributed by atoms with van der Waals surface area (Å²) in [5.74, 6) is -3.72. The van der Waals surface area contributed by atoms with Crippen LogP contribution in [0.4, 0.5) is 0 Å². The van der Waals surface area contributed by atoms with Crippen molar-refractivity contribution in [1.82, 2.24) is 0 Å². The Bertz CT molecular complexity index is 1420. The molecule has 4 nitrogen and oxygen atoms in total. The maximum atomic E-state index is 12.4. The molecule has 0 aromatic heterocycles. The molecule has 0 aliphatic heterocycles. The van der Waals surface area contributed by atoms with Gasteiger partial charge in [0.25, 0.3) is 0 Å². The summed E-state index contributed by atoms with van der Waals surface area (Å²) >= 11 is 0. The van der Waals surface area contributed by atoms with Crippen molar-refractivity contribution in [3.05, 3.63) is 0 Å². The van der Waals surface area contributed by atoms with Crippen LogP contribution in [0.3, 0.4) is 0 Å². The van der Waals surface area contributed by atoms with Crippen LogP contribution in [-0.2, 0) is 14.3 Å². The van der Waals surface area contributed by atoms with E-state index in [0.717, 1.165) is 0 Å². The summed E-state index contributed by atoms with van der Waals surface area (Å²) in [6.07, 6.45) is -69.7. The van der Waals surface area contributed by atoms with E-state index in [9.17, 15) is 9.59 Å².